The first-order chi connectivity index (χ1) is 8.76. The summed E-state index contributed by atoms with van der Waals surface area (Å²) in [6.45, 7) is 3.64. The van der Waals surface area contributed by atoms with E-state index in [9.17, 15) is 18.4 Å². The number of piperidine rings is 1. The van der Waals surface area contributed by atoms with Crippen LogP contribution in [0.15, 0.2) is 12.1 Å². The Balaban J connectivity index is 2.07. The summed E-state index contributed by atoms with van der Waals surface area (Å²) in [6.07, 6.45) is 0. The molecule has 0 bridgehead atoms. The molecule has 19 heavy (non-hydrogen) atoms. The number of nitrogens with two attached hydrogens (primary N) is 1. The second kappa shape index (κ2) is 3.31. The molecular weight excluding hydrogens is 254 g/mol. The molecule has 1 aromatic carbocycles. The zero-order valence-corrected chi connectivity index (χ0v) is 10.4. The number of imide groups is 1. The molecule has 1 saturated carbocycles. The molecule has 1 aliphatic carbocycles. The molecule has 1 aromatic rings. The van der Waals surface area contributed by atoms with E-state index in [2.05, 4.69) is 0 Å². The largest absolute Gasteiger partial charge is 0.397 e. The van der Waals surface area contributed by atoms with E-state index in [-0.39, 0.29) is 16.8 Å². The number of nitrogens with zero attached hydrogens (tertiary/aromatic N) is 1. The van der Waals surface area contributed by atoms with Crippen molar-refractivity contribution in [1.82, 2.24) is 0 Å². The molecule has 6 heteroatoms. The minimum absolute atomic E-state index is 0.252. The molecule has 100 valence electrons. The first kappa shape index (κ1) is 12.1. The standard InChI is InChI=1S/C13H12F2N2O2/c1-13(2)8-9(13)12(19)17(11(8)18)10-6(15)3-5(14)4-7(10)16/h3-4,8-9H,16H2,1-2H3. The van der Waals surface area contributed by atoms with E-state index in [0.29, 0.717) is 6.07 Å². The molecule has 2 N–H and O–H groups in total. The Kier molecular flexibility index (Phi) is 2.11. The summed E-state index contributed by atoms with van der Waals surface area (Å²) in [5.41, 5.74) is 4.56. The monoisotopic (exact) mass is 266 g/mol. The summed E-state index contributed by atoms with van der Waals surface area (Å²) < 4.78 is 26.8. The fourth-order valence-corrected chi connectivity index (χ4v) is 2.99. The van der Waals surface area contributed by atoms with Gasteiger partial charge in [0, 0.05) is 6.07 Å². The van der Waals surface area contributed by atoms with Gasteiger partial charge in [0.2, 0.25) is 11.8 Å². The Labute approximate surface area is 108 Å². The fourth-order valence-electron chi connectivity index (χ4n) is 2.99. The SMILES string of the molecule is CC1(C)C2C(=O)N(c3c(N)cc(F)cc3F)C(=O)C21. The van der Waals surface area contributed by atoms with Gasteiger partial charge >= 0.3 is 0 Å². The molecule has 2 atom stereocenters. The lowest BCUT2D eigenvalue weighted by atomic mass is 10.0. The lowest BCUT2D eigenvalue weighted by Gasteiger charge is -2.22. The number of halogens is 2. The maximum atomic E-state index is 13.8. The van der Waals surface area contributed by atoms with Crippen molar-refractivity contribution in [2.75, 3.05) is 10.6 Å². The third-order valence-electron chi connectivity index (χ3n) is 4.08. The number of fused-ring (bicyclic) bond motifs is 1. The predicted octanol–water partition coefficient (Wildman–Crippen LogP) is 1.69. The van der Waals surface area contributed by atoms with Gasteiger partial charge in [-0.25, -0.2) is 13.7 Å². The van der Waals surface area contributed by atoms with Gasteiger partial charge in [-0.3, -0.25) is 9.59 Å². The number of amides is 2. The molecule has 2 unspecified atom stereocenters. The van der Waals surface area contributed by atoms with Crippen LogP contribution >= 0.6 is 0 Å². The Bertz CT molecular complexity index is 580. The van der Waals surface area contributed by atoms with E-state index in [0.717, 1.165) is 11.0 Å². The van der Waals surface area contributed by atoms with Crippen molar-refractivity contribution in [3.05, 3.63) is 23.8 Å². The molecule has 4 nitrogen and oxygen atoms in total. The van der Waals surface area contributed by atoms with Gasteiger partial charge in [0.1, 0.15) is 11.5 Å². The lowest BCUT2D eigenvalue weighted by Crippen LogP contribution is -2.37. The van der Waals surface area contributed by atoms with Crippen molar-refractivity contribution >= 4 is 23.2 Å². The number of carbonyl (C=O) groups is 2. The van der Waals surface area contributed by atoms with E-state index in [1.807, 2.05) is 13.8 Å². The number of anilines is 2. The normalized spacial score (nSPS) is 27.7. The zero-order valence-electron chi connectivity index (χ0n) is 10.4. The molecule has 1 aliphatic heterocycles. The van der Waals surface area contributed by atoms with Crippen LogP contribution in [0.5, 0.6) is 0 Å². The Morgan fingerprint density at radius 1 is 1.16 bits per heavy atom. The van der Waals surface area contributed by atoms with Crippen molar-refractivity contribution in [2.45, 2.75) is 13.8 Å². The summed E-state index contributed by atoms with van der Waals surface area (Å²) >= 11 is 0. The number of hydrogen-bond donors (Lipinski definition) is 1. The van der Waals surface area contributed by atoms with Crippen LogP contribution in [0.3, 0.4) is 0 Å². The number of rotatable bonds is 1. The molecule has 0 radical (unpaired) electrons. The van der Waals surface area contributed by atoms with Crippen LogP contribution in [0.25, 0.3) is 0 Å². The summed E-state index contributed by atoms with van der Waals surface area (Å²) in [7, 11) is 0. The van der Waals surface area contributed by atoms with Gasteiger partial charge in [-0.2, -0.15) is 0 Å². The predicted molar refractivity (Wildman–Crippen MR) is 64.0 cm³/mol. The number of hydrogen-bond acceptors (Lipinski definition) is 3. The van der Waals surface area contributed by atoms with Gasteiger partial charge in [0.25, 0.3) is 0 Å². The van der Waals surface area contributed by atoms with Crippen molar-refractivity contribution < 1.29 is 18.4 Å². The van der Waals surface area contributed by atoms with Crippen LogP contribution in [-0.4, -0.2) is 11.8 Å². The molecule has 2 aliphatic rings. The van der Waals surface area contributed by atoms with Gasteiger partial charge < -0.3 is 5.73 Å². The van der Waals surface area contributed by atoms with Gasteiger partial charge in [0.05, 0.1) is 17.5 Å². The van der Waals surface area contributed by atoms with Gasteiger partial charge in [-0.15, -0.1) is 0 Å². The molecule has 1 heterocycles. The van der Waals surface area contributed by atoms with E-state index in [1.54, 1.807) is 0 Å². The maximum absolute atomic E-state index is 13.8. The third kappa shape index (κ3) is 1.37. The number of benzene rings is 1. The third-order valence-corrected chi connectivity index (χ3v) is 4.08. The summed E-state index contributed by atoms with van der Waals surface area (Å²) in [5.74, 6) is -3.62. The second-order valence-corrected chi connectivity index (χ2v) is 5.61. The highest BCUT2D eigenvalue weighted by atomic mass is 19.1. The van der Waals surface area contributed by atoms with Crippen molar-refractivity contribution in [1.29, 1.82) is 0 Å². The van der Waals surface area contributed by atoms with Crippen LogP contribution in [0, 0.1) is 28.9 Å². The minimum Gasteiger partial charge on any atom is -0.397 e. The van der Waals surface area contributed by atoms with Crippen molar-refractivity contribution in [2.24, 2.45) is 17.3 Å². The lowest BCUT2D eigenvalue weighted by molar-refractivity contribution is -0.125. The molecule has 3 rings (SSSR count). The first-order valence-electron chi connectivity index (χ1n) is 5.89. The molecule has 0 aromatic heterocycles. The Morgan fingerprint density at radius 3 is 2.16 bits per heavy atom. The smallest absolute Gasteiger partial charge is 0.238 e. The molecule has 0 spiro atoms. The van der Waals surface area contributed by atoms with Gasteiger partial charge in [-0.1, -0.05) is 13.8 Å². The highest BCUT2D eigenvalue weighted by Gasteiger charge is 2.73. The highest BCUT2D eigenvalue weighted by Crippen LogP contribution is 2.64. The average Bonchev–Trinajstić information content (AvgIpc) is 2.73. The molecule has 1 saturated heterocycles. The van der Waals surface area contributed by atoms with E-state index >= 15 is 0 Å². The minimum atomic E-state index is -1.00. The van der Waals surface area contributed by atoms with Crippen LogP contribution < -0.4 is 10.6 Å². The Hall–Kier alpha value is -1.98. The molecule has 2 amide bonds. The quantitative estimate of drug-likeness (QED) is 0.621. The highest BCUT2D eigenvalue weighted by molar-refractivity contribution is 6.26. The summed E-state index contributed by atoms with van der Waals surface area (Å²) in [4.78, 5) is 25.1. The van der Waals surface area contributed by atoms with Gasteiger partial charge in [0.15, 0.2) is 5.82 Å². The van der Waals surface area contributed by atoms with Crippen LogP contribution in [0.4, 0.5) is 20.2 Å². The van der Waals surface area contributed by atoms with Crippen molar-refractivity contribution in [3.8, 4) is 0 Å². The van der Waals surface area contributed by atoms with Crippen molar-refractivity contribution in [3.63, 3.8) is 0 Å². The van der Waals surface area contributed by atoms with Crippen LogP contribution in [-0.2, 0) is 9.59 Å². The molecular formula is C13H12F2N2O2. The van der Waals surface area contributed by atoms with Crippen LogP contribution in [0.2, 0.25) is 0 Å². The maximum Gasteiger partial charge on any atom is 0.238 e. The number of nitrogen functional groups attached to an aromatic ring is 1. The van der Waals surface area contributed by atoms with Gasteiger partial charge in [-0.05, 0) is 11.5 Å². The van der Waals surface area contributed by atoms with Crippen LogP contribution in [0.1, 0.15) is 13.8 Å². The first-order valence-corrected chi connectivity index (χ1v) is 5.89. The fraction of sp³-hybridized carbons (Fsp3) is 0.385. The number of carbonyl (C=O) groups excluding carboxylic acids is 2. The summed E-state index contributed by atoms with van der Waals surface area (Å²) in [5, 5.41) is 0. The van der Waals surface area contributed by atoms with E-state index in [4.69, 9.17) is 5.73 Å². The van der Waals surface area contributed by atoms with E-state index in [1.165, 1.54) is 0 Å². The zero-order chi connectivity index (χ0) is 14.1. The topological polar surface area (TPSA) is 63.4 Å². The molecule has 2 fully saturated rings. The second-order valence-electron chi connectivity index (χ2n) is 5.61. The van der Waals surface area contributed by atoms with E-state index < -0.39 is 35.3 Å². The Morgan fingerprint density at radius 2 is 1.68 bits per heavy atom. The average molecular weight is 266 g/mol. The summed E-state index contributed by atoms with van der Waals surface area (Å²) in [6, 6.07) is 1.51.